The third kappa shape index (κ3) is 3.77. The van der Waals surface area contributed by atoms with Crippen LogP contribution in [0, 0.1) is 0 Å². The molecule has 1 unspecified atom stereocenters. The minimum Gasteiger partial charge on any atom is -0.478 e. The van der Waals surface area contributed by atoms with E-state index in [0.717, 1.165) is 12.1 Å². The summed E-state index contributed by atoms with van der Waals surface area (Å²) in [6.45, 7) is -0.875. The first-order chi connectivity index (χ1) is 8.36. The van der Waals surface area contributed by atoms with Gasteiger partial charge in [0.1, 0.15) is 0 Å². The summed E-state index contributed by atoms with van der Waals surface area (Å²) < 4.78 is 25.5. The number of hydrogen-bond acceptors (Lipinski definition) is 5. The topological polar surface area (TPSA) is 124 Å². The van der Waals surface area contributed by atoms with E-state index in [1.807, 2.05) is 0 Å². The zero-order valence-electron chi connectivity index (χ0n) is 9.28. The average molecular weight is 275 g/mol. The highest BCUT2D eigenvalue weighted by molar-refractivity contribution is 7.89. The van der Waals surface area contributed by atoms with Crippen molar-refractivity contribution in [1.29, 1.82) is 0 Å². The fraction of sp³-hybridized carbons (Fsp3) is 0.300. The van der Waals surface area contributed by atoms with Gasteiger partial charge in [0, 0.05) is 6.54 Å². The lowest BCUT2D eigenvalue weighted by Gasteiger charge is -2.09. The lowest BCUT2D eigenvalue weighted by Crippen LogP contribution is -2.33. The van der Waals surface area contributed by atoms with Crippen LogP contribution in [0.2, 0.25) is 0 Å². The van der Waals surface area contributed by atoms with Gasteiger partial charge in [-0.25, -0.2) is 17.9 Å². The average Bonchev–Trinajstić information content (AvgIpc) is 2.36. The van der Waals surface area contributed by atoms with Gasteiger partial charge in [0.05, 0.1) is 23.2 Å². The summed E-state index contributed by atoms with van der Waals surface area (Å²) in [7, 11) is -3.82. The van der Waals surface area contributed by atoms with Crippen molar-refractivity contribution in [3.63, 3.8) is 0 Å². The Balaban J connectivity index is 2.82. The largest absolute Gasteiger partial charge is 0.478 e. The van der Waals surface area contributed by atoms with Gasteiger partial charge in [0.15, 0.2) is 0 Å². The summed E-state index contributed by atoms with van der Waals surface area (Å²) in [6.07, 6.45) is -1.18. The fourth-order valence-electron chi connectivity index (χ4n) is 1.13. The molecule has 1 atom stereocenters. The number of rotatable bonds is 6. The predicted octanol–water partition coefficient (Wildman–Crippen LogP) is -0.984. The van der Waals surface area contributed by atoms with Gasteiger partial charge in [-0.05, 0) is 24.3 Å². The van der Waals surface area contributed by atoms with E-state index >= 15 is 0 Å². The van der Waals surface area contributed by atoms with E-state index in [2.05, 4.69) is 4.72 Å². The molecule has 0 saturated heterocycles. The second-order valence-electron chi connectivity index (χ2n) is 3.52. The van der Waals surface area contributed by atoms with Crippen molar-refractivity contribution in [3.05, 3.63) is 29.8 Å². The van der Waals surface area contributed by atoms with E-state index in [0.29, 0.717) is 0 Å². The van der Waals surface area contributed by atoms with Crippen molar-refractivity contribution >= 4 is 16.0 Å². The molecule has 1 rings (SSSR count). The summed E-state index contributed by atoms with van der Waals surface area (Å²) >= 11 is 0. The zero-order valence-corrected chi connectivity index (χ0v) is 10.1. The number of benzene rings is 1. The summed E-state index contributed by atoms with van der Waals surface area (Å²) in [5.41, 5.74) is -0.0238. The summed E-state index contributed by atoms with van der Waals surface area (Å²) in [4.78, 5) is 10.5. The number of nitrogens with one attached hydrogen (secondary N) is 1. The molecule has 7 nitrogen and oxygen atoms in total. The Bertz CT molecular complexity index is 510. The maximum Gasteiger partial charge on any atom is 0.335 e. The van der Waals surface area contributed by atoms with Crippen LogP contribution in [0.5, 0.6) is 0 Å². The van der Waals surface area contributed by atoms with E-state index in [1.54, 1.807) is 0 Å². The van der Waals surface area contributed by atoms with Crippen molar-refractivity contribution in [3.8, 4) is 0 Å². The van der Waals surface area contributed by atoms with Crippen molar-refractivity contribution in [2.45, 2.75) is 11.0 Å². The lowest BCUT2D eigenvalue weighted by molar-refractivity contribution is 0.0696. The molecule has 0 spiro atoms. The number of sulfonamides is 1. The predicted molar refractivity (Wildman–Crippen MR) is 61.7 cm³/mol. The van der Waals surface area contributed by atoms with Crippen LogP contribution in [0.4, 0.5) is 0 Å². The number of carbonyl (C=O) groups is 1. The highest BCUT2D eigenvalue weighted by atomic mass is 32.2. The van der Waals surface area contributed by atoms with Gasteiger partial charge in [0.25, 0.3) is 0 Å². The van der Waals surface area contributed by atoms with Crippen LogP contribution >= 0.6 is 0 Å². The highest BCUT2D eigenvalue weighted by Gasteiger charge is 2.16. The molecule has 0 radical (unpaired) electrons. The molecule has 0 fully saturated rings. The standard InChI is InChI=1S/C10H13NO6S/c12-6-8(13)5-11-18(16,17)9-3-1-7(2-4-9)10(14)15/h1-4,8,11-13H,5-6H2,(H,14,15). The number of carboxylic acid groups (broad SMARTS) is 1. The molecular weight excluding hydrogens is 262 g/mol. The van der Waals surface area contributed by atoms with Crippen LogP contribution in [-0.2, 0) is 10.0 Å². The molecule has 0 heterocycles. The zero-order chi connectivity index (χ0) is 13.8. The third-order valence-corrected chi connectivity index (χ3v) is 3.57. The summed E-state index contributed by atoms with van der Waals surface area (Å²) in [5, 5.41) is 26.2. The van der Waals surface area contributed by atoms with Crippen molar-refractivity contribution in [1.82, 2.24) is 4.72 Å². The fourth-order valence-corrected chi connectivity index (χ4v) is 2.20. The molecule has 0 aliphatic carbocycles. The molecule has 1 aromatic carbocycles. The highest BCUT2D eigenvalue weighted by Crippen LogP contribution is 2.10. The molecule has 0 aliphatic heterocycles. The smallest absolute Gasteiger partial charge is 0.335 e. The molecule has 0 bridgehead atoms. The lowest BCUT2D eigenvalue weighted by atomic mass is 10.2. The molecule has 0 aromatic heterocycles. The van der Waals surface area contributed by atoms with Crippen LogP contribution in [-0.4, -0.2) is 49.0 Å². The van der Waals surface area contributed by atoms with E-state index < -0.39 is 28.7 Å². The SMILES string of the molecule is O=C(O)c1ccc(S(=O)(=O)NCC(O)CO)cc1. The number of aromatic carboxylic acids is 1. The van der Waals surface area contributed by atoms with E-state index in [4.69, 9.17) is 15.3 Å². The van der Waals surface area contributed by atoms with Gasteiger partial charge in [-0.15, -0.1) is 0 Å². The van der Waals surface area contributed by atoms with Crippen LogP contribution < -0.4 is 4.72 Å². The van der Waals surface area contributed by atoms with Gasteiger partial charge < -0.3 is 15.3 Å². The molecule has 18 heavy (non-hydrogen) atoms. The molecular formula is C10H13NO6S. The van der Waals surface area contributed by atoms with Gasteiger partial charge in [-0.3, -0.25) is 0 Å². The maximum atomic E-state index is 11.7. The number of aliphatic hydroxyl groups excluding tert-OH is 2. The van der Waals surface area contributed by atoms with Crippen molar-refractivity contribution in [2.24, 2.45) is 0 Å². The summed E-state index contributed by atoms with van der Waals surface area (Å²) in [5.74, 6) is -1.15. The first-order valence-corrected chi connectivity index (χ1v) is 6.47. The maximum absolute atomic E-state index is 11.7. The van der Waals surface area contributed by atoms with Gasteiger partial charge in [-0.2, -0.15) is 0 Å². The Morgan fingerprint density at radius 1 is 1.28 bits per heavy atom. The minimum atomic E-state index is -3.82. The Kier molecular flexibility index (Phi) is 4.79. The second kappa shape index (κ2) is 5.91. The number of carboxylic acids is 1. The Hall–Kier alpha value is -1.48. The molecule has 8 heteroatoms. The van der Waals surface area contributed by atoms with E-state index in [1.165, 1.54) is 12.1 Å². The molecule has 4 N–H and O–H groups in total. The molecule has 0 amide bonds. The normalized spacial score (nSPS) is 13.2. The van der Waals surface area contributed by atoms with Gasteiger partial charge >= 0.3 is 5.97 Å². The number of hydrogen-bond donors (Lipinski definition) is 4. The molecule has 0 aliphatic rings. The first kappa shape index (κ1) is 14.6. The van der Waals surface area contributed by atoms with Crippen LogP contribution in [0.15, 0.2) is 29.2 Å². The first-order valence-electron chi connectivity index (χ1n) is 4.99. The van der Waals surface area contributed by atoms with Crippen molar-refractivity contribution < 1.29 is 28.5 Å². The quantitative estimate of drug-likeness (QED) is 0.529. The van der Waals surface area contributed by atoms with E-state index in [9.17, 15) is 13.2 Å². The van der Waals surface area contributed by atoms with E-state index in [-0.39, 0.29) is 17.0 Å². The molecule has 1 aromatic rings. The molecule has 100 valence electrons. The van der Waals surface area contributed by atoms with Crippen LogP contribution in [0.3, 0.4) is 0 Å². The molecule has 0 saturated carbocycles. The monoisotopic (exact) mass is 275 g/mol. The minimum absolute atomic E-state index is 0.0238. The Morgan fingerprint density at radius 3 is 2.28 bits per heavy atom. The Labute approximate surface area is 104 Å². The van der Waals surface area contributed by atoms with Crippen LogP contribution in [0.25, 0.3) is 0 Å². The Morgan fingerprint density at radius 2 is 1.83 bits per heavy atom. The number of aliphatic hydroxyl groups is 2. The van der Waals surface area contributed by atoms with Crippen molar-refractivity contribution in [2.75, 3.05) is 13.2 Å². The van der Waals surface area contributed by atoms with Crippen LogP contribution in [0.1, 0.15) is 10.4 Å². The van der Waals surface area contributed by atoms with Gasteiger partial charge in [-0.1, -0.05) is 0 Å². The van der Waals surface area contributed by atoms with Gasteiger partial charge in [0.2, 0.25) is 10.0 Å². The second-order valence-corrected chi connectivity index (χ2v) is 5.28. The third-order valence-electron chi connectivity index (χ3n) is 2.13. The summed E-state index contributed by atoms with van der Waals surface area (Å²) in [6, 6.07) is 4.63.